The van der Waals surface area contributed by atoms with Crippen molar-refractivity contribution < 1.29 is 0 Å². The summed E-state index contributed by atoms with van der Waals surface area (Å²) >= 11 is 0. The van der Waals surface area contributed by atoms with Gasteiger partial charge in [-0.1, -0.05) is 32.9 Å². The van der Waals surface area contributed by atoms with E-state index in [2.05, 4.69) is 32.9 Å². The van der Waals surface area contributed by atoms with Crippen molar-refractivity contribution in [1.82, 2.24) is 0 Å². The Hall–Kier alpha value is -0.300. The first kappa shape index (κ1) is 18.1. The minimum absolute atomic E-state index is 0.647. The van der Waals surface area contributed by atoms with Crippen LogP contribution in [0.5, 0.6) is 0 Å². The quantitative estimate of drug-likeness (QED) is 0.608. The lowest BCUT2D eigenvalue weighted by molar-refractivity contribution is -0.114. The van der Waals surface area contributed by atoms with Gasteiger partial charge in [0, 0.05) is 0 Å². The molecule has 4 rings (SSSR count). The van der Waals surface area contributed by atoms with E-state index in [9.17, 15) is 0 Å². The highest BCUT2D eigenvalue weighted by molar-refractivity contribution is 5.09. The fourth-order valence-electron chi connectivity index (χ4n) is 8.11. The van der Waals surface area contributed by atoms with Crippen LogP contribution in [0.3, 0.4) is 0 Å². The number of rotatable bonds is 3. The van der Waals surface area contributed by atoms with Crippen LogP contribution in [-0.4, -0.2) is 6.54 Å². The summed E-state index contributed by atoms with van der Waals surface area (Å²) in [6.07, 6.45) is 19.4. The Morgan fingerprint density at radius 1 is 0.920 bits per heavy atom. The van der Waals surface area contributed by atoms with Crippen molar-refractivity contribution in [3.63, 3.8) is 0 Å². The molecule has 2 N–H and O–H groups in total. The zero-order valence-electron chi connectivity index (χ0n) is 17.0. The van der Waals surface area contributed by atoms with Gasteiger partial charge in [-0.15, -0.1) is 0 Å². The van der Waals surface area contributed by atoms with Gasteiger partial charge in [0.2, 0.25) is 0 Å². The number of fused-ring (bicyclic) bond motifs is 5. The normalized spacial score (nSPS) is 52.6. The second-order valence-electron chi connectivity index (χ2n) is 10.7. The van der Waals surface area contributed by atoms with Crippen LogP contribution in [0.15, 0.2) is 12.2 Å². The molecule has 8 atom stereocenters. The molecule has 1 nitrogen and oxygen atoms in total. The van der Waals surface area contributed by atoms with Crippen LogP contribution in [0.1, 0.15) is 85.0 Å². The molecule has 1 heteroatoms. The zero-order chi connectivity index (χ0) is 17.7. The molecule has 0 aromatic heterocycles. The van der Waals surface area contributed by atoms with E-state index in [4.69, 9.17) is 5.73 Å². The Bertz CT molecular complexity index is 510. The Morgan fingerprint density at radius 2 is 1.68 bits per heavy atom. The smallest absolute Gasteiger partial charge is 0.00426 e. The molecule has 0 amide bonds. The van der Waals surface area contributed by atoms with Gasteiger partial charge in [0.15, 0.2) is 0 Å². The first-order chi connectivity index (χ1) is 12.0. The molecule has 25 heavy (non-hydrogen) atoms. The van der Waals surface area contributed by atoms with Crippen LogP contribution < -0.4 is 5.73 Å². The van der Waals surface area contributed by atoms with E-state index in [0.29, 0.717) is 10.8 Å². The lowest BCUT2D eigenvalue weighted by Crippen LogP contribution is -2.53. The van der Waals surface area contributed by atoms with Crippen molar-refractivity contribution in [1.29, 1.82) is 0 Å². The lowest BCUT2D eigenvalue weighted by atomic mass is 9.44. The van der Waals surface area contributed by atoms with Crippen LogP contribution in [0.4, 0.5) is 0 Å². The standard InChI is InChI=1S/C24H41N/c1-17-7-10-21-20-9-8-19-16-18(6-4-5-15-25)11-13-24(19,3)22(20)12-14-23(17,21)2/h4,6,17-22H,5,7-16,25H2,1-3H3/b6-4+/t17-,18-,19?,20?,21?,22?,23+,24-/m0/s1. The molecular formula is C24H41N. The summed E-state index contributed by atoms with van der Waals surface area (Å²) in [6.45, 7) is 8.70. The van der Waals surface area contributed by atoms with E-state index >= 15 is 0 Å². The van der Waals surface area contributed by atoms with Gasteiger partial charge in [-0.25, -0.2) is 0 Å². The number of hydrogen-bond acceptors (Lipinski definition) is 1. The highest BCUT2D eigenvalue weighted by atomic mass is 14.6. The number of nitrogens with two attached hydrogens (primary N) is 1. The van der Waals surface area contributed by atoms with Gasteiger partial charge in [0.1, 0.15) is 0 Å². The van der Waals surface area contributed by atoms with E-state index in [1.165, 1.54) is 57.8 Å². The van der Waals surface area contributed by atoms with Crippen molar-refractivity contribution in [2.75, 3.05) is 6.54 Å². The largest absolute Gasteiger partial charge is 0.330 e. The highest BCUT2D eigenvalue weighted by Gasteiger charge is 2.59. The molecule has 0 aromatic carbocycles. The summed E-state index contributed by atoms with van der Waals surface area (Å²) in [5.41, 5.74) is 6.98. The van der Waals surface area contributed by atoms with Gasteiger partial charge in [-0.05, 0) is 117 Å². The molecular weight excluding hydrogens is 302 g/mol. The number of hydrogen-bond donors (Lipinski definition) is 1. The van der Waals surface area contributed by atoms with Gasteiger partial charge >= 0.3 is 0 Å². The van der Waals surface area contributed by atoms with Crippen molar-refractivity contribution in [2.45, 2.75) is 85.0 Å². The fraction of sp³-hybridized carbons (Fsp3) is 0.917. The van der Waals surface area contributed by atoms with E-state index in [-0.39, 0.29) is 0 Å². The molecule has 0 aliphatic heterocycles. The van der Waals surface area contributed by atoms with Crippen LogP contribution in [0, 0.1) is 46.3 Å². The monoisotopic (exact) mass is 343 g/mol. The average Bonchev–Trinajstić information content (AvgIpc) is 2.90. The molecule has 0 saturated heterocycles. The maximum absolute atomic E-state index is 5.66. The van der Waals surface area contributed by atoms with Crippen molar-refractivity contribution in [3.05, 3.63) is 12.2 Å². The van der Waals surface area contributed by atoms with E-state index in [0.717, 1.165) is 48.5 Å². The maximum atomic E-state index is 5.66. The Labute approximate surface area is 156 Å². The number of allylic oxidation sites excluding steroid dienone is 1. The van der Waals surface area contributed by atoms with Crippen LogP contribution >= 0.6 is 0 Å². The van der Waals surface area contributed by atoms with Crippen LogP contribution in [-0.2, 0) is 0 Å². The third-order valence-electron chi connectivity index (χ3n) is 9.92. The Balaban J connectivity index is 1.49. The van der Waals surface area contributed by atoms with Gasteiger partial charge in [0.25, 0.3) is 0 Å². The topological polar surface area (TPSA) is 26.0 Å². The molecule has 4 unspecified atom stereocenters. The molecule has 0 aromatic rings. The summed E-state index contributed by atoms with van der Waals surface area (Å²) in [6, 6.07) is 0. The third kappa shape index (κ3) is 2.84. The fourth-order valence-corrected chi connectivity index (χ4v) is 8.11. The molecule has 0 radical (unpaired) electrons. The van der Waals surface area contributed by atoms with Gasteiger partial charge < -0.3 is 5.73 Å². The molecule has 142 valence electrons. The van der Waals surface area contributed by atoms with E-state index in [1.807, 2.05) is 0 Å². The SMILES string of the molecule is C[C@H]1CCC2C3CCC4C[C@@H](/C=C/CCN)CC[C@]4(C)C3CC[C@@]21C. The van der Waals surface area contributed by atoms with Gasteiger partial charge in [-0.2, -0.15) is 0 Å². The van der Waals surface area contributed by atoms with Gasteiger partial charge in [0.05, 0.1) is 0 Å². The van der Waals surface area contributed by atoms with Crippen LogP contribution in [0.2, 0.25) is 0 Å². The molecule has 4 aliphatic rings. The summed E-state index contributed by atoms with van der Waals surface area (Å²) in [5, 5.41) is 0. The summed E-state index contributed by atoms with van der Waals surface area (Å²) in [4.78, 5) is 0. The molecule has 4 fully saturated rings. The maximum Gasteiger partial charge on any atom is -0.00426 e. The van der Waals surface area contributed by atoms with Gasteiger partial charge in [-0.3, -0.25) is 0 Å². The van der Waals surface area contributed by atoms with Crippen molar-refractivity contribution in [3.8, 4) is 0 Å². The second-order valence-corrected chi connectivity index (χ2v) is 10.7. The summed E-state index contributed by atoms with van der Waals surface area (Å²) in [5.74, 6) is 5.91. The second kappa shape index (κ2) is 6.70. The lowest BCUT2D eigenvalue weighted by Gasteiger charge is -2.61. The van der Waals surface area contributed by atoms with E-state index in [1.54, 1.807) is 0 Å². The Kier molecular flexibility index (Phi) is 4.84. The van der Waals surface area contributed by atoms with Crippen molar-refractivity contribution >= 4 is 0 Å². The summed E-state index contributed by atoms with van der Waals surface area (Å²) < 4.78 is 0. The first-order valence-corrected chi connectivity index (χ1v) is 11.4. The minimum Gasteiger partial charge on any atom is -0.330 e. The minimum atomic E-state index is 0.647. The van der Waals surface area contributed by atoms with Crippen molar-refractivity contribution in [2.24, 2.45) is 52.1 Å². The van der Waals surface area contributed by atoms with Crippen LogP contribution in [0.25, 0.3) is 0 Å². The molecule has 0 spiro atoms. The summed E-state index contributed by atoms with van der Waals surface area (Å²) in [7, 11) is 0. The molecule has 0 heterocycles. The first-order valence-electron chi connectivity index (χ1n) is 11.4. The molecule has 4 saturated carbocycles. The Morgan fingerprint density at radius 3 is 2.48 bits per heavy atom. The predicted molar refractivity (Wildman–Crippen MR) is 107 cm³/mol. The van der Waals surface area contributed by atoms with E-state index < -0.39 is 0 Å². The highest BCUT2D eigenvalue weighted by Crippen LogP contribution is 2.67. The predicted octanol–water partition coefficient (Wildman–Crippen LogP) is 6.19. The third-order valence-corrected chi connectivity index (χ3v) is 9.92. The zero-order valence-corrected chi connectivity index (χ0v) is 17.0. The molecule has 4 aliphatic carbocycles. The molecule has 0 bridgehead atoms. The average molecular weight is 344 g/mol.